The van der Waals surface area contributed by atoms with Crippen molar-refractivity contribution in [1.29, 1.82) is 0 Å². The lowest BCUT2D eigenvalue weighted by molar-refractivity contribution is -0.277. The number of carbonyl (C=O) groups excluding carboxylic acids is 1. The molecule has 53 heavy (non-hydrogen) atoms. The van der Waals surface area contributed by atoms with Gasteiger partial charge in [-0.1, -0.05) is 20.1 Å². The number of hydrogen-bond acceptors (Lipinski definition) is 12. The zero-order valence-electron chi connectivity index (χ0n) is 31.8. The molecule has 0 aliphatic carbocycles. The van der Waals surface area contributed by atoms with E-state index in [9.17, 15) is 15.0 Å². The molecule has 18 atom stereocenters. The molecular weight excluding hydrogens is 684 g/mol. The van der Waals surface area contributed by atoms with Crippen LogP contribution < -0.4 is 0 Å². The maximum absolute atomic E-state index is 14.0. The zero-order chi connectivity index (χ0) is 37.0. The van der Waals surface area contributed by atoms with Crippen LogP contribution in [0.3, 0.4) is 0 Å². The van der Waals surface area contributed by atoms with E-state index in [0.29, 0.717) is 32.1 Å². The minimum absolute atomic E-state index is 0.0235. The summed E-state index contributed by atoms with van der Waals surface area (Å²) >= 11 is 0. The number of methoxy groups -OCH3 is 2. The number of aliphatic hydroxyl groups excluding tert-OH is 2. The summed E-state index contributed by atoms with van der Waals surface area (Å²) in [5, 5.41) is 20.1. The maximum Gasteiger partial charge on any atom is 0.172 e. The van der Waals surface area contributed by atoms with Crippen LogP contribution in [0.4, 0.5) is 0 Å². The molecule has 8 heterocycles. The molecule has 8 aliphatic heterocycles. The summed E-state index contributed by atoms with van der Waals surface area (Å²) in [6.45, 7) is 10.7. The Hall–Kier alpha value is -1.29. The third kappa shape index (κ3) is 7.86. The first-order valence-electron chi connectivity index (χ1n) is 20.4. The van der Waals surface area contributed by atoms with Gasteiger partial charge in [0.15, 0.2) is 5.79 Å². The average molecular weight is 747 g/mol. The minimum atomic E-state index is -0.950. The van der Waals surface area contributed by atoms with E-state index < -0.39 is 24.1 Å². The summed E-state index contributed by atoms with van der Waals surface area (Å²) in [4.78, 5) is 14.0. The molecule has 8 rings (SSSR count). The predicted molar refractivity (Wildman–Crippen MR) is 191 cm³/mol. The largest absolute Gasteiger partial charge is 0.394 e. The van der Waals surface area contributed by atoms with Crippen LogP contribution in [0.1, 0.15) is 96.8 Å². The number of hydrogen-bond donors (Lipinski definition) is 2. The van der Waals surface area contributed by atoms with Crippen molar-refractivity contribution >= 4 is 5.78 Å². The van der Waals surface area contributed by atoms with E-state index in [1.165, 1.54) is 0 Å². The molecule has 0 radical (unpaired) electrons. The standard InChI is InChI=1S/C41H62O12/c1-21-12-26-6-8-30-22(2)13-28(47-30)10-11-41-19-37(45-4)40(53-41)35-18-36(52-41)39-31(50-35)9-7-27(49-39)14-24(43)15-29-33(17-32(48-26)23(21)3)51-34(38(29)46-5)16-25(44)20-42/h21,25-40,42,44H,2-3,6-20H2,1,4-5H3/t21-,25+,26+,27?,28+,29?,30?,31+,32?,33?,34?,35-,36-,37-,38-,39+,40-,41-/m1/s1. The molecule has 0 aromatic heterocycles. The first-order valence-corrected chi connectivity index (χ1v) is 20.4. The lowest BCUT2D eigenvalue weighted by Gasteiger charge is -2.47. The Labute approximate surface area is 314 Å². The van der Waals surface area contributed by atoms with E-state index in [1.54, 1.807) is 14.2 Å². The molecule has 12 heteroatoms. The van der Waals surface area contributed by atoms with Gasteiger partial charge in [-0.05, 0) is 62.0 Å². The van der Waals surface area contributed by atoms with Crippen LogP contribution >= 0.6 is 0 Å². The SMILES string of the molecule is C=C1C[C@@H]2CC[C@]34C[C@@H](OC)[C@H](O3)[C@H]3C[C@@H](O4)[C@H]4OC(CC[C@@H]4O3)CC(=O)CC3C(CC4O[C@@H](CCC1O2)C[C@@H](C)C4=C)OC(C[C@H](O)CO)[C@@H]3OC. The number of aliphatic hydroxyl groups is 2. The number of Topliss-reactive ketones (excluding diaryl/α,β-unsaturated/α-hetero) is 1. The fourth-order valence-electron chi connectivity index (χ4n) is 11.0. The van der Waals surface area contributed by atoms with Gasteiger partial charge in [0.2, 0.25) is 0 Å². The number of ether oxygens (including phenoxy) is 9. The lowest BCUT2D eigenvalue weighted by atomic mass is 9.81. The highest BCUT2D eigenvalue weighted by atomic mass is 16.7. The molecule has 298 valence electrons. The van der Waals surface area contributed by atoms with E-state index in [0.717, 1.165) is 49.7 Å². The fourth-order valence-corrected chi connectivity index (χ4v) is 11.0. The number of rotatable bonds is 5. The van der Waals surface area contributed by atoms with Crippen LogP contribution in [0.15, 0.2) is 24.3 Å². The van der Waals surface area contributed by atoms with Crippen molar-refractivity contribution < 1.29 is 57.6 Å². The second kappa shape index (κ2) is 15.9. The summed E-state index contributed by atoms with van der Waals surface area (Å²) in [5.74, 6) is -0.743. The fraction of sp³-hybridized carbons (Fsp3) is 0.878. The zero-order valence-corrected chi connectivity index (χ0v) is 31.8. The average Bonchev–Trinajstić information content (AvgIpc) is 3.77. The van der Waals surface area contributed by atoms with Crippen molar-refractivity contribution in [3.05, 3.63) is 24.3 Å². The Morgan fingerprint density at radius 3 is 2.38 bits per heavy atom. The number of fused-ring (bicyclic) bond motifs is 9. The molecule has 8 saturated heterocycles. The summed E-state index contributed by atoms with van der Waals surface area (Å²) in [7, 11) is 3.37. The quantitative estimate of drug-likeness (QED) is 0.392. The normalized spacial score (nSPS) is 49.6. The molecule has 1 spiro atoms. The van der Waals surface area contributed by atoms with Gasteiger partial charge in [-0.2, -0.15) is 0 Å². The first kappa shape index (κ1) is 38.6. The van der Waals surface area contributed by atoms with E-state index in [-0.39, 0.29) is 117 Å². The smallest absolute Gasteiger partial charge is 0.172 e. The molecular formula is C41H62O12. The van der Waals surface area contributed by atoms with Gasteiger partial charge in [0, 0.05) is 65.1 Å². The van der Waals surface area contributed by atoms with Crippen LogP contribution in [0.2, 0.25) is 0 Å². The Balaban J connectivity index is 1.06. The van der Waals surface area contributed by atoms with E-state index >= 15 is 0 Å². The Kier molecular flexibility index (Phi) is 11.6. The van der Waals surface area contributed by atoms with Gasteiger partial charge in [-0.15, -0.1) is 0 Å². The van der Waals surface area contributed by atoms with Crippen LogP contribution in [0.25, 0.3) is 0 Å². The molecule has 2 N–H and O–H groups in total. The molecule has 10 bridgehead atoms. The van der Waals surface area contributed by atoms with Crippen molar-refractivity contribution in [3.63, 3.8) is 0 Å². The maximum atomic E-state index is 14.0. The van der Waals surface area contributed by atoms with Gasteiger partial charge >= 0.3 is 0 Å². The highest BCUT2D eigenvalue weighted by Gasteiger charge is 2.60. The van der Waals surface area contributed by atoms with Gasteiger partial charge in [-0.25, -0.2) is 0 Å². The van der Waals surface area contributed by atoms with Crippen molar-refractivity contribution in [2.75, 3.05) is 20.8 Å². The van der Waals surface area contributed by atoms with E-state index in [1.807, 2.05) is 0 Å². The third-order valence-corrected chi connectivity index (χ3v) is 13.8. The van der Waals surface area contributed by atoms with Gasteiger partial charge in [0.1, 0.15) is 18.0 Å². The molecule has 8 fully saturated rings. The van der Waals surface area contributed by atoms with Crippen molar-refractivity contribution in [2.45, 2.75) is 194 Å². The Bertz CT molecular complexity index is 1340. The van der Waals surface area contributed by atoms with Crippen molar-refractivity contribution in [2.24, 2.45) is 11.8 Å². The molecule has 0 aromatic carbocycles. The highest BCUT2D eigenvalue weighted by molar-refractivity contribution is 5.79. The van der Waals surface area contributed by atoms with Crippen LogP contribution in [-0.2, 0) is 47.4 Å². The van der Waals surface area contributed by atoms with Gasteiger partial charge in [0.05, 0.1) is 86.0 Å². The van der Waals surface area contributed by atoms with Gasteiger partial charge < -0.3 is 52.8 Å². The second-order valence-corrected chi connectivity index (χ2v) is 17.4. The predicted octanol–water partition coefficient (Wildman–Crippen LogP) is 4.11. The third-order valence-electron chi connectivity index (χ3n) is 13.8. The van der Waals surface area contributed by atoms with Gasteiger partial charge in [-0.3, -0.25) is 4.79 Å². The molecule has 0 saturated carbocycles. The van der Waals surface area contributed by atoms with Gasteiger partial charge in [0.25, 0.3) is 0 Å². The number of carbonyl (C=O) groups is 1. The molecule has 0 aromatic rings. The summed E-state index contributed by atoms with van der Waals surface area (Å²) < 4.78 is 59.3. The summed E-state index contributed by atoms with van der Waals surface area (Å²) in [6, 6.07) is 0. The van der Waals surface area contributed by atoms with Crippen LogP contribution in [0.5, 0.6) is 0 Å². The minimum Gasteiger partial charge on any atom is -0.394 e. The van der Waals surface area contributed by atoms with Crippen molar-refractivity contribution in [1.82, 2.24) is 0 Å². The lowest BCUT2D eigenvalue weighted by Crippen LogP contribution is -2.58. The Morgan fingerprint density at radius 1 is 0.792 bits per heavy atom. The monoisotopic (exact) mass is 746 g/mol. The Morgan fingerprint density at radius 2 is 1.58 bits per heavy atom. The van der Waals surface area contributed by atoms with E-state index in [2.05, 4.69) is 20.1 Å². The van der Waals surface area contributed by atoms with Crippen LogP contribution in [-0.4, -0.2) is 134 Å². The topological polar surface area (TPSA) is 141 Å². The highest BCUT2D eigenvalue weighted by Crippen LogP contribution is 2.50. The second-order valence-electron chi connectivity index (χ2n) is 17.4. The molecule has 12 nitrogen and oxygen atoms in total. The first-order chi connectivity index (χ1) is 25.5. The summed E-state index contributed by atoms with van der Waals surface area (Å²) in [6.07, 6.45) is 4.96. The van der Waals surface area contributed by atoms with Crippen LogP contribution in [0, 0.1) is 11.8 Å². The summed E-state index contributed by atoms with van der Waals surface area (Å²) in [5.41, 5.74) is 2.16. The molecule has 8 aliphatic rings. The van der Waals surface area contributed by atoms with Crippen molar-refractivity contribution in [3.8, 4) is 0 Å². The number of ketones is 1. The van der Waals surface area contributed by atoms with E-state index in [4.69, 9.17) is 42.6 Å². The molecule has 0 amide bonds. The molecule has 6 unspecified atom stereocenters.